The average molecular weight is 384 g/mol. The van der Waals surface area contributed by atoms with Gasteiger partial charge in [-0.15, -0.1) is 0 Å². The minimum atomic E-state index is -1.19. The van der Waals surface area contributed by atoms with Crippen LogP contribution in [0.25, 0.3) is 0 Å². The van der Waals surface area contributed by atoms with Crippen LogP contribution >= 0.6 is 11.6 Å². The van der Waals surface area contributed by atoms with Gasteiger partial charge in [-0.25, -0.2) is 13.6 Å². The lowest BCUT2D eigenvalue weighted by Gasteiger charge is -2.14. The van der Waals surface area contributed by atoms with Gasteiger partial charge in [0.15, 0.2) is 29.2 Å². The highest BCUT2D eigenvalue weighted by atomic mass is 35.5. The molecule has 26 heavy (non-hydrogen) atoms. The van der Waals surface area contributed by atoms with E-state index >= 15 is 0 Å². The van der Waals surface area contributed by atoms with E-state index in [0.717, 1.165) is 12.1 Å². The van der Waals surface area contributed by atoms with E-state index in [1.54, 1.807) is 0 Å². The van der Waals surface area contributed by atoms with Crippen molar-refractivity contribution in [1.82, 2.24) is 0 Å². The van der Waals surface area contributed by atoms with Crippen molar-refractivity contribution in [3.05, 3.63) is 52.6 Å². The van der Waals surface area contributed by atoms with Gasteiger partial charge in [-0.3, -0.25) is 4.79 Å². The molecule has 0 unspecified atom stereocenters. The summed E-state index contributed by atoms with van der Waals surface area (Å²) in [5.74, 6) is -3.05. The Balaban J connectivity index is 1.66. The van der Waals surface area contributed by atoms with Crippen LogP contribution in [0.4, 0.5) is 14.5 Å². The molecule has 0 spiro atoms. The van der Waals surface area contributed by atoms with Crippen molar-refractivity contribution in [2.45, 2.75) is 13.0 Å². The summed E-state index contributed by atoms with van der Waals surface area (Å²) < 4.78 is 41.4. The van der Waals surface area contributed by atoms with Gasteiger partial charge in [0, 0.05) is 11.8 Å². The number of amides is 1. The second-order valence-corrected chi connectivity index (χ2v) is 5.76. The van der Waals surface area contributed by atoms with E-state index in [0.29, 0.717) is 11.5 Å². The minimum Gasteiger partial charge on any atom is -0.454 e. The fourth-order valence-corrected chi connectivity index (χ4v) is 2.45. The monoisotopic (exact) mass is 383 g/mol. The number of carbonyl (C=O) groups excluding carboxylic acids is 2. The van der Waals surface area contributed by atoms with Crippen molar-refractivity contribution >= 4 is 29.2 Å². The Morgan fingerprint density at radius 2 is 1.96 bits per heavy atom. The molecule has 6 nitrogen and oxygen atoms in total. The van der Waals surface area contributed by atoms with Crippen molar-refractivity contribution in [3.63, 3.8) is 0 Å². The van der Waals surface area contributed by atoms with Crippen LogP contribution in [-0.4, -0.2) is 24.8 Å². The number of hydrogen-bond donors (Lipinski definition) is 1. The lowest BCUT2D eigenvalue weighted by Crippen LogP contribution is -2.30. The van der Waals surface area contributed by atoms with Gasteiger partial charge in [-0.2, -0.15) is 0 Å². The smallest absolute Gasteiger partial charge is 0.339 e. The van der Waals surface area contributed by atoms with Crippen LogP contribution < -0.4 is 14.8 Å². The number of anilines is 1. The molecule has 1 aliphatic heterocycles. The molecule has 1 atom stereocenters. The maximum absolute atomic E-state index is 13.2. The summed E-state index contributed by atoms with van der Waals surface area (Å²) in [6, 6.07) is 5.59. The van der Waals surface area contributed by atoms with E-state index in [1.807, 2.05) is 0 Å². The Kier molecular flexibility index (Phi) is 4.94. The molecule has 0 fully saturated rings. The van der Waals surface area contributed by atoms with E-state index in [2.05, 4.69) is 5.32 Å². The summed E-state index contributed by atoms with van der Waals surface area (Å²) in [6.07, 6.45) is -1.19. The van der Waals surface area contributed by atoms with E-state index in [4.69, 9.17) is 25.8 Å². The summed E-state index contributed by atoms with van der Waals surface area (Å²) in [4.78, 5) is 24.3. The SMILES string of the molecule is C[C@@H](OC(=O)c1cc(Cl)c2c(c1)OCO2)C(=O)Nc1ccc(F)c(F)c1. The maximum Gasteiger partial charge on any atom is 0.339 e. The predicted octanol–water partition coefficient (Wildman–Crippen LogP) is 3.53. The summed E-state index contributed by atoms with van der Waals surface area (Å²) in [5.41, 5.74) is 0.106. The molecule has 0 aliphatic carbocycles. The molecule has 2 aromatic rings. The highest BCUT2D eigenvalue weighted by Gasteiger charge is 2.24. The quantitative estimate of drug-likeness (QED) is 0.818. The molecule has 0 aromatic heterocycles. The molecule has 0 saturated heterocycles. The Hall–Kier alpha value is -2.87. The van der Waals surface area contributed by atoms with Crippen LogP contribution in [-0.2, 0) is 9.53 Å². The first-order valence-corrected chi connectivity index (χ1v) is 7.79. The van der Waals surface area contributed by atoms with Gasteiger partial charge in [-0.05, 0) is 31.2 Å². The highest BCUT2D eigenvalue weighted by molar-refractivity contribution is 6.32. The van der Waals surface area contributed by atoms with Gasteiger partial charge >= 0.3 is 5.97 Å². The van der Waals surface area contributed by atoms with Crippen LogP contribution in [0.2, 0.25) is 5.02 Å². The molecule has 1 N–H and O–H groups in total. The number of benzene rings is 2. The molecule has 136 valence electrons. The van der Waals surface area contributed by atoms with E-state index in [-0.39, 0.29) is 23.1 Å². The standard InChI is InChI=1S/C17H12ClF2NO5/c1-8(16(22)21-10-2-3-12(19)13(20)6-10)26-17(23)9-4-11(18)15-14(5-9)24-7-25-15/h2-6,8H,7H2,1H3,(H,21,22)/t8-/m1/s1. The van der Waals surface area contributed by atoms with Crippen LogP contribution in [0, 0.1) is 11.6 Å². The Morgan fingerprint density at radius 3 is 2.69 bits per heavy atom. The lowest BCUT2D eigenvalue weighted by atomic mass is 10.2. The first kappa shape index (κ1) is 17.9. The second-order valence-electron chi connectivity index (χ2n) is 5.36. The summed E-state index contributed by atoms with van der Waals surface area (Å²) in [5, 5.41) is 2.50. The lowest BCUT2D eigenvalue weighted by molar-refractivity contribution is -0.123. The number of ether oxygens (including phenoxy) is 3. The zero-order valence-corrected chi connectivity index (χ0v) is 14.1. The minimum absolute atomic E-state index is 0.0133. The van der Waals surface area contributed by atoms with E-state index in [9.17, 15) is 18.4 Å². The number of esters is 1. The normalized spacial score (nSPS) is 13.2. The third-order valence-electron chi connectivity index (χ3n) is 3.50. The third kappa shape index (κ3) is 3.70. The van der Waals surface area contributed by atoms with Gasteiger partial charge < -0.3 is 19.5 Å². The predicted molar refractivity (Wildman–Crippen MR) is 87.4 cm³/mol. The number of rotatable bonds is 4. The topological polar surface area (TPSA) is 73.9 Å². The largest absolute Gasteiger partial charge is 0.454 e. The molecule has 2 aromatic carbocycles. The molecule has 0 saturated carbocycles. The highest BCUT2D eigenvalue weighted by Crippen LogP contribution is 2.39. The first-order valence-electron chi connectivity index (χ1n) is 7.41. The van der Waals surface area contributed by atoms with E-state index in [1.165, 1.54) is 25.1 Å². The van der Waals surface area contributed by atoms with Gasteiger partial charge in [0.25, 0.3) is 5.91 Å². The maximum atomic E-state index is 13.2. The van der Waals surface area contributed by atoms with Crippen molar-refractivity contribution in [2.75, 3.05) is 12.1 Å². The first-order chi connectivity index (χ1) is 12.3. The zero-order chi connectivity index (χ0) is 18.8. The van der Waals surface area contributed by atoms with Crippen molar-refractivity contribution < 1.29 is 32.6 Å². The molecule has 1 heterocycles. The number of carbonyl (C=O) groups is 2. The third-order valence-corrected chi connectivity index (χ3v) is 3.78. The molecule has 0 radical (unpaired) electrons. The molecule has 3 rings (SSSR count). The number of hydrogen-bond acceptors (Lipinski definition) is 5. The molecule has 0 bridgehead atoms. The molecular formula is C17H12ClF2NO5. The van der Waals surface area contributed by atoms with Crippen molar-refractivity contribution in [1.29, 1.82) is 0 Å². The molecule has 1 amide bonds. The van der Waals surface area contributed by atoms with Crippen molar-refractivity contribution in [3.8, 4) is 11.5 Å². The second kappa shape index (κ2) is 7.17. The fourth-order valence-electron chi connectivity index (χ4n) is 2.19. The molecule has 1 aliphatic rings. The van der Waals surface area contributed by atoms with Gasteiger partial charge in [0.2, 0.25) is 6.79 Å². The van der Waals surface area contributed by atoms with Crippen LogP contribution in [0.3, 0.4) is 0 Å². The summed E-state index contributed by atoms with van der Waals surface area (Å²) in [6.45, 7) is 1.32. The van der Waals surface area contributed by atoms with Gasteiger partial charge in [-0.1, -0.05) is 11.6 Å². The zero-order valence-electron chi connectivity index (χ0n) is 13.3. The number of fused-ring (bicyclic) bond motifs is 1. The summed E-state index contributed by atoms with van der Waals surface area (Å²) >= 11 is 5.99. The van der Waals surface area contributed by atoms with Gasteiger partial charge in [0.05, 0.1) is 10.6 Å². The Bertz CT molecular complexity index is 890. The fraction of sp³-hybridized carbons (Fsp3) is 0.176. The average Bonchev–Trinajstić information content (AvgIpc) is 3.07. The van der Waals surface area contributed by atoms with Crippen molar-refractivity contribution in [2.24, 2.45) is 0 Å². The summed E-state index contributed by atoms with van der Waals surface area (Å²) in [7, 11) is 0. The van der Waals surface area contributed by atoms with E-state index < -0.39 is 29.6 Å². The van der Waals surface area contributed by atoms with Crippen LogP contribution in [0.1, 0.15) is 17.3 Å². The van der Waals surface area contributed by atoms with Crippen LogP contribution in [0.15, 0.2) is 30.3 Å². The van der Waals surface area contributed by atoms with Gasteiger partial charge in [0.1, 0.15) is 0 Å². The molecular weight excluding hydrogens is 372 g/mol. The van der Waals surface area contributed by atoms with Crippen LogP contribution in [0.5, 0.6) is 11.5 Å². The number of nitrogens with one attached hydrogen (secondary N) is 1. The molecule has 9 heteroatoms. The Labute approximate surface area is 151 Å². The number of halogens is 3. The Morgan fingerprint density at radius 1 is 1.19 bits per heavy atom.